The lowest BCUT2D eigenvalue weighted by molar-refractivity contribution is 0.102. The van der Waals surface area contributed by atoms with Crippen LogP contribution >= 0.6 is 15.9 Å². The third-order valence-corrected chi connectivity index (χ3v) is 4.47. The molecule has 0 unspecified atom stereocenters. The summed E-state index contributed by atoms with van der Waals surface area (Å²) in [5.74, 6) is -0.210. The van der Waals surface area contributed by atoms with Gasteiger partial charge in [-0.15, -0.1) is 0 Å². The van der Waals surface area contributed by atoms with E-state index in [4.69, 9.17) is 0 Å². The van der Waals surface area contributed by atoms with Gasteiger partial charge in [0.05, 0.1) is 11.2 Å². The molecule has 0 aliphatic carbocycles. The first-order valence-electron chi connectivity index (χ1n) is 6.56. The molecule has 5 heteroatoms. The number of carbonyl (C=O) groups is 1. The lowest BCUT2D eigenvalue weighted by Crippen LogP contribution is -2.14. The second-order valence-electron chi connectivity index (χ2n) is 4.88. The minimum atomic E-state index is -0.210. The van der Waals surface area contributed by atoms with Crippen molar-refractivity contribution in [3.05, 3.63) is 58.2 Å². The van der Waals surface area contributed by atoms with E-state index in [-0.39, 0.29) is 5.91 Å². The highest BCUT2D eigenvalue weighted by Gasteiger charge is 2.16. The summed E-state index contributed by atoms with van der Waals surface area (Å²) in [6.45, 7) is 1.98. The van der Waals surface area contributed by atoms with E-state index >= 15 is 0 Å². The van der Waals surface area contributed by atoms with Crippen LogP contribution in [0.4, 0.5) is 5.69 Å². The van der Waals surface area contributed by atoms with Gasteiger partial charge >= 0.3 is 0 Å². The van der Waals surface area contributed by atoms with Crippen molar-refractivity contribution in [2.24, 2.45) is 7.05 Å². The molecule has 0 bridgehead atoms. The summed E-state index contributed by atoms with van der Waals surface area (Å²) >= 11 is 3.50. The monoisotopic (exact) mass is 343 g/mol. The number of carbonyl (C=O) groups excluding carboxylic acids is 1. The van der Waals surface area contributed by atoms with Crippen molar-refractivity contribution >= 4 is 38.4 Å². The predicted molar refractivity (Wildman–Crippen MR) is 87.5 cm³/mol. The second-order valence-corrected chi connectivity index (χ2v) is 5.67. The van der Waals surface area contributed by atoms with Gasteiger partial charge in [-0.2, -0.15) is 5.10 Å². The lowest BCUT2D eigenvalue weighted by atomic mass is 10.2. The normalized spacial score (nSPS) is 10.8. The molecule has 1 N–H and O–H groups in total. The number of aromatic nitrogens is 2. The molecule has 1 aromatic heterocycles. The molecule has 1 heterocycles. The molecule has 4 nitrogen and oxygen atoms in total. The van der Waals surface area contributed by atoms with Crippen LogP contribution in [0.15, 0.2) is 46.9 Å². The maximum absolute atomic E-state index is 12.5. The number of anilines is 1. The van der Waals surface area contributed by atoms with Gasteiger partial charge in [-0.1, -0.05) is 30.3 Å². The van der Waals surface area contributed by atoms with Crippen LogP contribution in [0.1, 0.15) is 16.1 Å². The Labute approximate surface area is 130 Å². The van der Waals surface area contributed by atoms with Crippen molar-refractivity contribution in [1.82, 2.24) is 9.78 Å². The quantitative estimate of drug-likeness (QED) is 0.767. The number of fused-ring (bicyclic) bond motifs is 1. The van der Waals surface area contributed by atoms with Crippen molar-refractivity contribution in [1.29, 1.82) is 0 Å². The first-order valence-corrected chi connectivity index (χ1v) is 7.35. The van der Waals surface area contributed by atoms with Gasteiger partial charge in [-0.25, -0.2) is 0 Å². The number of rotatable bonds is 2. The van der Waals surface area contributed by atoms with Gasteiger partial charge in [0.15, 0.2) is 5.69 Å². The summed E-state index contributed by atoms with van der Waals surface area (Å²) in [6.07, 6.45) is 0. The first-order chi connectivity index (χ1) is 10.1. The number of amides is 1. The number of para-hydroxylation sites is 1. The van der Waals surface area contributed by atoms with Crippen molar-refractivity contribution in [3.8, 4) is 0 Å². The molecule has 106 valence electrons. The third-order valence-electron chi connectivity index (χ3n) is 3.41. The maximum atomic E-state index is 12.5. The number of nitrogens with zero attached hydrogens (tertiary/aromatic N) is 2. The third kappa shape index (κ3) is 2.45. The maximum Gasteiger partial charge on any atom is 0.276 e. The minimum Gasteiger partial charge on any atom is -0.320 e. The zero-order valence-corrected chi connectivity index (χ0v) is 13.3. The number of benzene rings is 2. The molecule has 21 heavy (non-hydrogen) atoms. The van der Waals surface area contributed by atoms with Gasteiger partial charge in [0, 0.05) is 16.9 Å². The van der Waals surface area contributed by atoms with E-state index in [1.807, 2.05) is 56.4 Å². The Balaban J connectivity index is 2.00. The summed E-state index contributed by atoms with van der Waals surface area (Å²) in [5.41, 5.74) is 3.18. The van der Waals surface area contributed by atoms with E-state index in [2.05, 4.69) is 26.3 Å². The highest BCUT2D eigenvalue weighted by molar-refractivity contribution is 9.10. The summed E-state index contributed by atoms with van der Waals surface area (Å²) < 4.78 is 2.61. The van der Waals surface area contributed by atoms with E-state index in [9.17, 15) is 4.79 Å². The SMILES string of the molecule is Cc1cccc(NC(=O)c2nn(C)c3ccccc23)c1Br. The van der Waals surface area contributed by atoms with E-state index in [0.29, 0.717) is 5.69 Å². The number of aryl methyl sites for hydroxylation is 2. The van der Waals surface area contributed by atoms with Gasteiger partial charge in [0.25, 0.3) is 5.91 Å². The smallest absolute Gasteiger partial charge is 0.276 e. The highest BCUT2D eigenvalue weighted by Crippen LogP contribution is 2.27. The van der Waals surface area contributed by atoms with Crippen LogP contribution in [-0.4, -0.2) is 15.7 Å². The van der Waals surface area contributed by atoms with Gasteiger partial charge in [-0.3, -0.25) is 9.48 Å². The molecule has 0 radical (unpaired) electrons. The highest BCUT2D eigenvalue weighted by atomic mass is 79.9. The number of nitrogens with one attached hydrogen (secondary N) is 1. The standard InChI is InChI=1S/C16H14BrN3O/c1-10-6-5-8-12(14(10)17)18-16(21)15-11-7-3-4-9-13(11)20(2)19-15/h3-9H,1-2H3,(H,18,21). The molecule has 0 spiro atoms. The summed E-state index contributed by atoms with van der Waals surface area (Å²) in [4.78, 5) is 12.5. The molecule has 3 aromatic rings. The molecule has 0 saturated heterocycles. The average molecular weight is 344 g/mol. The van der Waals surface area contributed by atoms with Crippen LogP contribution < -0.4 is 5.32 Å². The zero-order valence-electron chi connectivity index (χ0n) is 11.7. The number of hydrogen-bond donors (Lipinski definition) is 1. The number of halogens is 1. The van der Waals surface area contributed by atoms with Crippen LogP contribution in [0.3, 0.4) is 0 Å². The molecule has 0 fully saturated rings. The van der Waals surface area contributed by atoms with E-state index in [1.165, 1.54) is 0 Å². The van der Waals surface area contributed by atoms with Gasteiger partial charge in [-0.05, 0) is 40.5 Å². The summed E-state index contributed by atoms with van der Waals surface area (Å²) in [7, 11) is 1.84. The Hall–Kier alpha value is -2.14. The van der Waals surface area contributed by atoms with Crippen LogP contribution in [0.5, 0.6) is 0 Å². The molecule has 1 amide bonds. The van der Waals surface area contributed by atoms with Crippen molar-refractivity contribution in [2.75, 3.05) is 5.32 Å². The molecule has 0 aliphatic heterocycles. The zero-order chi connectivity index (χ0) is 15.0. The Morgan fingerprint density at radius 2 is 1.95 bits per heavy atom. The van der Waals surface area contributed by atoms with Crippen LogP contribution in [0.25, 0.3) is 10.9 Å². The summed E-state index contributed by atoms with van der Waals surface area (Å²) in [6, 6.07) is 13.4. The van der Waals surface area contributed by atoms with Crippen LogP contribution in [0, 0.1) is 6.92 Å². The fraction of sp³-hybridized carbons (Fsp3) is 0.125. The number of hydrogen-bond acceptors (Lipinski definition) is 2. The molecule has 0 aliphatic rings. The first kappa shape index (κ1) is 13.8. The predicted octanol–water partition coefficient (Wildman–Crippen LogP) is 3.90. The van der Waals surface area contributed by atoms with Crippen LogP contribution in [0.2, 0.25) is 0 Å². The Morgan fingerprint density at radius 1 is 1.19 bits per heavy atom. The molecular formula is C16H14BrN3O. The molecular weight excluding hydrogens is 330 g/mol. The fourth-order valence-corrected chi connectivity index (χ4v) is 2.67. The van der Waals surface area contributed by atoms with Crippen LogP contribution in [-0.2, 0) is 7.05 Å². The van der Waals surface area contributed by atoms with Gasteiger partial charge < -0.3 is 5.32 Å². The summed E-state index contributed by atoms with van der Waals surface area (Å²) in [5, 5.41) is 8.09. The minimum absolute atomic E-state index is 0.210. The molecule has 2 aromatic carbocycles. The van der Waals surface area contributed by atoms with Gasteiger partial charge in [0.2, 0.25) is 0 Å². The van der Waals surface area contributed by atoms with Gasteiger partial charge in [0.1, 0.15) is 0 Å². The Bertz CT molecular complexity index is 839. The van der Waals surface area contributed by atoms with E-state index in [1.54, 1.807) is 4.68 Å². The fourth-order valence-electron chi connectivity index (χ4n) is 2.31. The lowest BCUT2D eigenvalue weighted by Gasteiger charge is -2.08. The average Bonchev–Trinajstić information content (AvgIpc) is 2.82. The molecule has 3 rings (SSSR count). The second kappa shape index (κ2) is 5.33. The van der Waals surface area contributed by atoms with E-state index in [0.717, 1.165) is 26.6 Å². The van der Waals surface area contributed by atoms with E-state index < -0.39 is 0 Å². The topological polar surface area (TPSA) is 46.9 Å². The van der Waals surface area contributed by atoms with Crippen molar-refractivity contribution in [3.63, 3.8) is 0 Å². The van der Waals surface area contributed by atoms with Crippen molar-refractivity contribution in [2.45, 2.75) is 6.92 Å². The Kier molecular flexibility index (Phi) is 3.51. The largest absolute Gasteiger partial charge is 0.320 e. The Morgan fingerprint density at radius 3 is 2.76 bits per heavy atom. The molecule has 0 saturated carbocycles. The molecule has 0 atom stereocenters. The van der Waals surface area contributed by atoms with Crippen molar-refractivity contribution < 1.29 is 4.79 Å².